The zero-order valence-corrected chi connectivity index (χ0v) is 17.1. The first-order valence-electron chi connectivity index (χ1n) is 9.88. The lowest BCUT2D eigenvalue weighted by Gasteiger charge is -2.25. The molecule has 0 N–H and O–H groups in total. The minimum Gasteiger partial charge on any atom is -0.207 e. The molecule has 3 rings (SSSR count). The quantitative estimate of drug-likeness (QED) is 0.450. The van der Waals surface area contributed by atoms with Gasteiger partial charge in [-0.1, -0.05) is 89.2 Å². The Kier molecular flexibility index (Phi) is 5.51. The fourth-order valence-corrected chi connectivity index (χ4v) is 4.07. The van der Waals surface area contributed by atoms with Crippen molar-refractivity contribution >= 4 is 0 Å². The molecule has 27 heavy (non-hydrogen) atoms. The van der Waals surface area contributed by atoms with Gasteiger partial charge in [0.2, 0.25) is 0 Å². The summed E-state index contributed by atoms with van der Waals surface area (Å²) in [5, 5.41) is 0. The maximum Gasteiger partial charge on any atom is 0.127 e. The topological polar surface area (TPSA) is 0 Å². The van der Waals surface area contributed by atoms with Crippen LogP contribution in [-0.2, 0) is 18.3 Å². The fraction of sp³-hybridized carbons (Fsp3) is 0.308. The third-order valence-electron chi connectivity index (χ3n) is 5.27. The molecule has 0 atom stereocenters. The molecule has 0 fully saturated rings. The van der Waals surface area contributed by atoms with Crippen molar-refractivity contribution in [3.05, 3.63) is 83.2 Å². The normalized spacial score (nSPS) is 11.6. The highest BCUT2D eigenvalue weighted by Crippen LogP contribution is 2.40. The number of halogens is 1. The molecule has 3 aromatic carbocycles. The van der Waals surface area contributed by atoms with Crippen molar-refractivity contribution in [1.29, 1.82) is 0 Å². The van der Waals surface area contributed by atoms with Crippen LogP contribution >= 0.6 is 0 Å². The van der Waals surface area contributed by atoms with E-state index in [0.717, 1.165) is 29.5 Å². The Hall–Kier alpha value is -2.41. The highest BCUT2D eigenvalue weighted by molar-refractivity contribution is 5.81. The molecule has 1 heteroatoms. The van der Waals surface area contributed by atoms with E-state index in [4.69, 9.17) is 0 Å². The summed E-state index contributed by atoms with van der Waals surface area (Å²) in [6, 6.07) is 20.5. The van der Waals surface area contributed by atoms with E-state index in [1.807, 2.05) is 6.07 Å². The molecule has 3 aromatic rings. The van der Waals surface area contributed by atoms with E-state index in [2.05, 4.69) is 83.1 Å². The third-order valence-corrected chi connectivity index (χ3v) is 5.27. The molecule has 0 aromatic heterocycles. The lowest BCUT2D eigenvalue weighted by molar-refractivity contribution is 0.524. The molecular formula is C26H29F. The van der Waals surface area contributed by atoms with Gasteiger partial charge in [-0.25, -0.2) is 4.39 Å². The summed E-state index contributed by atoms with van der Waals surface area (Å²) in [7, 11) is 0. The molecule has 0 amide bonds. The highest BCUT2D eigenvalue weighted by Gasteiger charge is 2.24. The number of aryl methyl sites for hydroxylation is 1. The largest absolute Gasteiger partial charge is 0.207 e. The minimum absolute atomic E-state index is 0.124. The van der Waals surface area contributed by atoms with Gasteiger partial charge < -0.3 is 0 Å². The summed E-state index contributed by atoms with van der Waals surface area (Å²) in [4.78, 5) is 0. The average molecular weight is 361 g/mol. The molecule has 0 radical (unpaired) electrons. The van der Waals surface area contributed by atoms with Crippen molar-refractivity contribution in [2.24, 2.45) is 0 Å². The van der Waals surface area contributed by atoms with E-state index >= 15 is 0 Å². The van der Waals surface area contributed by atoms with E-state index < -0.39 is 0 Å². The molecule has 0 nitrogen and oxygen atoms in total. The van der Waals surface area contributed by atoms with Crippen LogP contribution in [0, 0.1) is 5.82 Å². The molecule has 0 aliphatic carbocycles. The van der Waals surface area contributed by atoms with Crippen LogP contribution in [0.5, 0.6) is 0 Å². The first kappa shape index (κ1) is 19.4. The molecule has 0 aliphatic heterocycles. The van der Waals surface area contributed by atoms with Crippen molar-refractivity contribution in [2.75, 3.05) is 0 Å². The molecule has 0 spiro atoms. The molecule has 0 saturated heterocycles. The van der Waals surface area contributed by atoms with Gasteiger partial charge in [-0.15, -0.1) is 0 Å². The Bertz CT molecular complexity index is 945. The summed E-state index contributed by atoms with van der Waals surface area (Å²) >= 11 is 0. The van der Waals surface area contributed by atoms with Crippen molar-refractivity contribution in [1.82, 2.24) is 0 Å². The summed E-state index contributed by atoms with van der Waals surface area (Å²) in [6.07, 6.45) is 1.90. The van der Waals surface area contributed by atoms with Gasteiger partial charge in [-0.05, 0) is 57.7 Å². The molecule has 0 saturated carbocycles. The first-order chi connectivity index (χ1) is 12.9. The van der Waals surface area contributed by atoms with Crippen LogP contribution < -0.4 is 0 Å². The van der Waals surface area contributed by atoms with Gasteiger partial charge in [-0.3, -0.25) is 0 Å². The Balaban J connectivity index is 2.31. The molecule has 140 valence electrons. The maximum atomic E-state index is 14.8. The molecule has 0 aliphatic rings. The van der Waals surface area contributed by atoms with Crippen LogP contribution in [0.15, 0.2) is 60.7 Å². The van der Waals surface area contributed by atoms with Crippen molar-refractivity contribution in [2.45, 2.75) is 52.9 Å². The number of rotatable bonds is 4. The van der Waals surface area contributed by atoms with Crippen LogP contribution in [0.3, 0.4) is 0 Å². The van der Waals surface area contributed by atoms with Gasteiger partial charge in [0.05, 0.1) is 0 Å². The van der Waals surface area contributed by atoms with Gasteiger partial charge >= 0.3 is 0 Å². The SMILES string of the molecule is CCc1ccccc1-c1cccc(-c2cccc(F)c2C(C)(C)C)c1CC. The molecule has 0 heterocycles. The van der Waals surface area contributed by atoms with E-state index in [-0.39, 0.29) is 11.2 Å². The van der Waals surface area contributed by atoms with Crippen LogP contribution in [0.25, 0.3) is 22.3 Å². The Labute approximate surface area is 163 Å². The average Bonchev–Trinajstić information content (AvgIpc) is 2.66. The van der Waals surface area contributed by atoms with E-state index in [9.17, 15) is 4.39 Å². The standard InChI is InChI=1S/C26H29F/c1-6-18-12-8-9-13-20(18)21-14-10-15-22(19(21)7-2)23-16-11-17-24(27)25(23)26(3,4)5/h8-17H,6-7H2,1-5H3. The van der Waals surface area contributed by atoms with Gasteiger partial charge in [-0.2, -0.15) is 0 Å². The smallest absolute Gasteiger partial charge is 0.127 e. The predicted molar refractivity (Wildman–Crippen MR) is 115 cm³/mol. The molecule has 0 bridgehead atoms. The summed E-state index contributed by atoms with van der Waals surface area (Å²) in [6.45, 7) is 10.6. The highest BCUT2D eigenvalue weighted by atomic mass is 19.1. The number of hydrogen-bond donors (Lipinski definition) is 0. The third kappa shape index (κ3) is 3.69. The van der Waals surface area contributed by atoms with Crippen molar-refractivity contribution < 1.29 is 4.39 Å². The van der Waals surface area contributed by atoms with Gasteiger partial charge in [0.25, 0.3) is 0 Å². The molecular weight excluding hydrogens is 331 g/mol. The monoisotopic (exact) mass is 360 g/mol. The lowest BCUT2D eigenvalue weighted by atomic mass is 9.79. The van der Waals surface area contributed by atoms with Gasteiger partial charge in [0.15, 0.2) is 0 Å². The summed E-state index contributed by atoms with van der Waals surface area (Å²) in [5.41, 5.74) is 7.86. The number of benzene rings is 3. The second-order valence-corrected chi connectivity index (χ2v) is 8.11. The Morgan fingerprint density at radius 1 is 0.667 bits per heavy atom. The van der Waals surface area contributed by atoms with E-state index in [1.165, 1.54) is 22.3 Å². The molecule has 0 unspecified atom stereocenters. The van der Waals surface area contributed by atoms with Crippen molar-refractivity contribution in [3.8, 4) is 22.3 Å². The first-order valence-corrected chi connectivity index (χ1v) is 9.88. The fourth-order valence-electron chi connectivity index (χ4n) is 4.07. The van der Waals surface area contributed by atoms with Crippen LogP contribution in [0.2, 0.25) is 0 Å². The van der Waals surface area contributed by atoms with E-state index in [1.54, 1.807) is 6.07 Å². The van der Waals surface area contributed by atoms with Gasteiger partial charge in [0.1, 0.15) is 5.82 Å². The Morgan fingerprint density at radius 2 is 1.22 bits per heavy atom. The van der Waals surface area contributed by atoms with Crippen LogP contribution in [-0.4, -0.2) is 0 Å². The zero-order valence-electron chi connectivity index (χ0n) is 17.1. The minimum atomic E-state index is -0.261. The second kappa shape index (κ2) is 7.68. The van der Waals surface area contributed by atoms with Crippen molar-refractivity contribution in [3.63, 3.8) is 0 Å². The van der Waals surface area contributed by atoms with Gasteiger partial charge in [0, 0.05) is 5.56 Å². The second-order valence-electron chi connectivity index (χ2n) is 8.11. The van der Waals surface area contributed by atoms with Crippen LogP contribution in [0.4, 0.5) is 4.39 Å². The summed E-state index contributed by atoms with van der Waals surface area (Å²) < 4.78 is 14.8. The lowest BCUT2D eigenvalue weighted by Crippen LogP contribution is -2.15. The predicted octanol–water partition coefficient (Wildman–Crippen LogP) is 7.58. The summed E-state index contributed by atoms with van der Waals surface area (Å²) in [5.74, 6) is -0.124. The maximum absolute atomic E-state index is 14.8. The zero-order chi connectivity index (χ0) is 19.6. The van der Waals surface area contributed by atoms with Crippen LogP contribution in [0.1, 0.15) is 51.3 Å². The van der Waals surface area contributed by atoms with E-state index in [0.29, 0.717) is 0 Å². The number of hydrogen-bond acceptors (Lipinski definition) is 0. The Morgan fingerprint density at radius 3 is 1.85 bits per heavy atom.